The Kier molecular flexibility index (Phi) is 10.4. The molecule has 204 valence electrons. The number of thioether (sulfide) groups is 1. The maximum atomic E-state index is 13.6. The molecular formula is C27H41N5O4S. The van der Waals surface area contributed by atoms with Crippen molar-refractivity contribution in [2.75, 3.05) is 26.4 Å². The number of amides is 3. The summed E-state index contributed by atoms with van der Waals surface area (Å²) >= 11 is 1.38. The zero-order chi connectivity index (χ0) is 27.0. The van der Waals surface area contributed by atoms with Crippen LogP contribution in [0.15, 0.2) is 29.4 Å². The second-order valence-electron chi connectivity index (χ2n) is 10.6. The Bertz CT molecular complexity index is 974. The van der Waals surface area contributed by atoms with Crippen LogP contribution in [-0.2, 0) is 9.53 Å². The molecule has 0 saturated heterocycles. The Morgan fingerprint density at radius 2 is 1.81 bits per heavy atom. The van der Waals surface area contributed by atoms with Crippen molar-refractivity contribution in [3.63, 3.8) is 0 Å². The molecule has 37 heavy (non-hydrogen) atoms. The van der Waals surface area contributed by atoms with Crippen molar-refractivity contribution in [3.05, 3.63) is 35.4 Å². The number of ether oxygens (including phenoxy) is 1. The van der Waals surface area contributed by atoms with Crippen molar-refractivity contribution < 1.29 is 19.1 Å². The fraction of sp³-hybridized carbons (Fsp3) is 0.630. The highest BCUT2D eigenvalue weighted by atomic mass is 32.2. The molecule has 0 bridgehead atoms. The van der Waals surface area contributed by atoms with Gasteiger partial charge in [0.25, 0.3) is 17.4 Å². The molecule has 9 nitrogen and oxygen atoms in total. The molecule has 1 aromatic rings. The van der Waals surface area contributed by atoms with Crippen LogP contribution in [0.4, 0.5) is 4.79 Å². The van der Waals surface area contributed by atoms with Crippen molar-refractivity contribution in [3.8, 4) is 0 Å². The fourth-order valence-electron chi connectivity index (χ4n) is 4.29. The van der Waals surface area contributed by atoms with Gasteiger partial charge in [0.1, 0.15) is 5.66 Å². The number of benzene rings is 1. The molecule has 10 heteroatoms. The van der Waals surface area contributed by atoms with Gasteiger partial charge < -0.3 is 20.3 Å². The number of rotatable bonds is 10. The molecule has 3 rings (SSSR count). The third kappa shape index (κ3) is 8.46. The molecule has 1 saturated carbocycles. The molecule has 1 aliphatic carbocycles. The number of carbonyl (C=O) groups excluding carboxylic acids is 3. The number of aryl methyl sites for hydroxylation is 1. The van der Waals surface area contributed by atoms with Crippen LogP contribution in [0.3, 0.4) is 0 Å². The summed E-state index contributed by atoms with van der Waals surface area (Å²) in [6.45, 7) is 6.88. The Balaban J connectivity index is 1.77. The number of hydrogen-bond donors (Lipinski definition) is 2. The van der Waals surface area contributed by atoms with Crippen molar-refractivity contribution in [2.45, 2.75) is 77.6 Å². The zero-order valence-corrected chi connectivity index (χ0v) is 23.5. The molecule has 0 aromatic heterocycles. The van der Waals surface area contributed by atoms with Gasteiger partial charge in [0.15, 0.2) is 5.78 Å². The van der Waals surface area contributed by atoms with Crippen LogP contribution in [0.2, 0.25) is 0 Å². The van der Waals surface area contributed by atoms with Crippen LogP contribution in [0.25, 0.3) is 0 Å². The molecule has 1 fully saturated rings. The Labute approximate surface area is 224 Å². The maximum Gasteiger partial charge on any atom is 0.343 e. The summed E-state index contributed by atoms with van der Waals surface area (Å²) in [6.07, 6.45) is 3.88. The predicted octanol–water partition coefficient (Wildman–Crippen LogP) is 4.32. The molecule has 1 atom stereocenters. The topological polar surface area (TPSA) is 103 Å². The molecule has 1 heterocycles. The molecular weight excluding hydrogens is 490 g/mol. The standard InChI is InChI=1S/C27H41N5O4S/c1-19(2)9-14-22(33)24-32(30-26(36-24)37-18-17-31(4)5)25(35)29-27(15-7-6-8-16-27)28-23(34)21-12-10-20(3)11-13-21/h10-13,19,24H,6-9,14-18H2,1-5H3,(H,28,34)(H,29,35). The monoisotopic (exact) mass is 531 g/mol. The van der Waals surface area contributed by atoms with Crippen LogP contribution < -0.4 is 10.6 Å². The van der Waals surface area contributed by atoms with Gasteiger partial charge in [0.2, 0.25) is 0 Å². The van der Waals surface area contributed by atoms with Crippen LogP contribution in [0.5, 0.6) is 0 Å². The summed E-state index contributed by atoms with van der Waals surface area (Å²) in [6, 6.07) is 6.79. The first-order valence-corrected chi connectivity index (χ1v) is 14.1. The van der Waals surface area contributed by atoms with Gasteiger partial charge in [-0.3, -0.25) is 9.59 Å². The van der Waals surface area contributed by atoms with E-state index < -0.39 is 17.9 Å². The van der Waals surface area contributed by atoms with Crippen molar-refractivity contribution in [1.82, 2.24) is 20.5 Å². The lowest BCUT2D eigenvalue weighted by molar-refractivity contribution is -0.131. The van der Waals surface area contributed by atoms with E-state index in [1.807, 2.05) is 38.1 Å². The van der Waals surface area contributed by atoms with Crippen LogP contribution >= 0.6 is 11.8 Å². The van der Waals surface area contributed by atoms with E-state index in [4.69, 9.17) is 4.74 Å². The Hall–Kier alpha value is -2.59. The van der Waals surface area contributed by atoms with Gasteiger partial charge in [-0.2, -0.15) is 5.01 Å². The normalized spacial score (nSPS) is 18.9. The number of hydrogen-bond acceptors (Lipinski definition) is 7. The molecule has 1 aromatic carbocycles. The second kappa shape index (κ2) is 13.3. The number of nitrogens with one attached hydrogen (secondary N) is 2. The average molecular weight is 532 g/mol. The maximum absolute atomic E-state index is 13.6. The third-order valence-electron chi connectivity index (χ3n) is 6.56. The van der Waals surface area contributed by atoms with E-state index in [0.29, 0.717) is 48.1 Å². The van der Waals surface area contributed by atoms with Crippen LogP contribution in [-0.4, -0.2) is 71.1 Å². The van der Waals surface area contributed by atoms with Gasteiger partial charge in [-0.25, -0.2) is 4.79 Å². The van der Waals surface area contributed by atoms with E-state index in [2.05, 4.69) is 29.6 Å². The van der Waals surface area contributed by atoms with E-state index >= 15 is 0 Å². The van der Waals surface area contributed by atoms with E-state index in [-0.39, 0.29) is 11.7 Å². The summed E-state index contributed by atoms with van der Waals surface area (Å²) in [5.74, 6) is 0.639. The first kappa shape index (κ1) is 29.0. The highest BCUT2D eigenvalue weighted by Crippen LogP contribution is 2.28. The molecule has 2 aliphatic rings. The minimum absolute atomic E-state index is 0.183. The minimum Gasteiger partial charge on any atom is -0.438 e. The summed E-state index contributed by atoms with van der Waals surface area (Å²) in [5, 5.41) is 11.9. The number of carbonyl (C=O) groups is 3. The molecule has 0 radical (unpaired) electrons. The Morgan fingerprint density at radius 3 is 2.43 bits per heavy atom. The van der Waals surface area contributed by atoms with E-state index in [9.17, 15) is 14.4 Å². The molecule has 3 amide bonds. The molecule has 0 spiro atoms. The summed E-state index contributed by atoms with van der Waals surface area (Å²) in [7, 11) is 3.95. The summed E-state index contributed by atoms with van der Waals surface area (Å²) in [4.78, 5) is 41.7. The van der Waals surface area contributed by atoms with Gasteiger partial charge in [-0.15, -0.1) is 5.10 Å². The first-order valence-electron chi connectivity index (χ1n) is 13.1. The largest absolute Gasteiger partial charge is 0.438 e. The van der Waals surface area contributed by atoms with Gasteiger partial charge >= 0.3 is 6.03 Å². The van der Waals surface area contributed by atoms with Crippen molar-refractivity contribution in [1.29, 1.82) is 0 Å². The van der Waals surface area contributed by atoms with E-state index in [1.165, 1.54) is 11.8 Å². The van der Waals surface area contributed by atoms with Gasteiger partial charge in [-0.05, 0) is 71.2 Å². The highest BCUT2D eigenvalue weighted by molar-refractivity contribution is 8.13. The predicted molar refractivity (Wildman–Crippen MR) is 147 cm³/mol. The van der Waals surface area contributed by atoms with E-state index in [1.54, 1.807) is 12.1 Å². The van der Waals surface area contributed by atoms with E-state index in [0.717, 1.165) is 36.4 Å². The summed E-state index contributed by atoms with van der Waals surface area (Å²) < 4.78 is 5.88. The Morgan fingerprint density at radius 1 is 1.14 bits per heavy atom. The fourth-order valence-corrected chi connectivity index (χ4v) is 5.23. The second-order valence-corrected chi connectivity index (χ2v) is 11.7. The number of Topliss-reactive ketones (excluding diaryl/α,β-unsaturated/α-hetero) is 1. The van der Waals surface area contributed by atoms with Gasteiger partial charge in [0, 0.05) is 24.3 Å². The lowest BCUT2D eigenvalue weighted by Gasteiger charge is -2.39. The number of hydrazone groups is 1. The average Bonchev–Trinajstić information content (AvgIpc) is 3.27. The summed E-state index contributed by atoms with van der Waals surface area (Å²) in [5.41, 5.74) is 0.685. The third-order valence-corrected chi connectivity index (χ3v) is 7.37. The smallest absolute Gasteiger partial charge is 0.343 e. The number of nitrogens with zero attached hydrogens (tertiary/aromatic N) is 3. The first-order chi connectivity index (χ1) is 17.6. The van der Waals surface area contributed by atoms with Crippen molar-refractivity contribution >= 4 is 34.7 Å². The van der Waals surface area contributed by atoms with Crippen LogP contribution in [0.1, 0.15) is 74.7 Å². The lowest BCUT2D eigenvalue weighted by Crippen LogP contribution is -2.64. The van der Waals surface area contributed by atoms with Gasteiger partial charge in [0.05, 0.1) is 0 Å². The van der Waals surface area contributed by atoms with Crippen molar-refractivity contribution in [2.24, 2.45) is 11.0 Å². The SMILES string of the molecule is Cc1ccc(C(=O)NC2(NC(=O)N3N=C(SCCN(C)C)OC3C(=O)CCC(C)C)CCCCC2)cc1. The molecule has 1 unspecified atom stereocenters. The zero-order valence-electron chi connectivity index (χ0n) is 22.7. The van der Waals surface area contributed by atoms with Crippen LogP contribution in [0, 0.1) is 12.8 Å². The number of urea groups is 1. The minimum atomic E-state index is -1.10. The lowest BCUT2D eigenvalue weighted by atomic mass is 9.88. The molecule has 2 N–H and O–H groups in total. The number of ketones is 1. The van der Waals surface area contributed by atoms with Gasteiger partial charge in [-0.1, -0.05) is 49.7 Å². The highest BCUT2D eigenvalue weighted by Gasteiger charge is 2.42. The molecule has 1 aliphatic heterocycles. The quantitative estimate of drug-likeness (QED) is 0.436.